The van der Waals surface area contributed by atoms with Crippen LogP contribution in [0.5, 0.6) is 0 Å². The minimum absolute atomic E-state index is 0.326. The number of hydrogen-bond acceptors (Lipinski definition) is 3. The van der Waals surface area contributed by atoms with Gasteiger partial charge in [-0.2, -0.15) is 0 Å². The Morgan fingerprint density at radius 3 is 2.28 bits per heavy atom. The first-order valence-electron chi connectivity index (χ1n) is 7.05. The lowest BCUT2D eigenvalue weighted by molar-refractivity contribution is -0.138. The van der Waals surface area contributed by atoms with Crippen molar-refractivity contribution in [3.63, 3.8) is 0 Å². The zero-order valence-corrected chi connectivity index (χ0v) is 11.4. The lowest BCUT2D eigenvalue weighted by Gasteiger charge is -2.39. The fourth-order valence-electron chi connectivity index (χ4n) is 3.57. The van der Waals surface area contributed by atoms with Crippen molar-refractivity contribution in [1.29, 1.82) is 0 Å². The molecule has 0 aromatic rings. The van der Waals surface area contributed by atoms with Gasteiger partial charge in [0.15, 0.2) is 0 Å². The zero-order valence-electron chi connectivity index (χ0n) is 11.4. The van der Waals surface area contributed by atoms with Crippen molar-refractivity contribution in [2.75, 3.05) is 6.54 Å². The van der Waals surface area contributed by atoms with Crippen molar-refractivity contribution in [1.82, 2.24) is 4.90 Å². The van der Waals surface area contributed by atoms with Crippen LogP contribution in [0, 0.1) is 5.92 Å². The number of piperidine rings is 1. The molecule has 4 nitrogen and oxygen atoms in total. The number of aliphatic hydroxyl groups is 1. The molecule has 0 aromatic heterocycles. The highest BCUT2D eigenvalue weighted by Crippen LogP contribution is 2.40. The third-order valence-electron chi connectivity index (χ3n) is 4.43. The first kappa shape index (κ1) is 13.8. The molecule has 2 fully saturated rings. The van der Waals surface area contributed by atoms with Gasteiger partial charge in [-0.1, -0.05) is 0 Å². The van der Waals surface area contributed by atoms with Crippen LogP contribution in [0.2, 0.25) is 0 Å². The molecule has 18 heavy (non-hydrogen) atoms. The van der Waals surface area contributed by atoms with Crippen LogP contribution in [0.4, 0.5) is 0 Å². The predicted molar refractivity (Wildman–Crippen MR) is 69.4 cm³/mol. The summed E-state index contributed by atoms with van der Waals surface area (Å²) >= 11 is 0. The molecule has 2 saturated heterocycles. The van der Waals surface area contributed by atoms with Gasteiger partial charge in [0, 0.05) is 25.0 Å². The molecule has 0 amide bonds. The quantitative estimate of drug-likeness (QED) is 0.787. The lowest BCUT2D eigenvalue weighted by Crippen LogP contribution is -2.45. The maximum Gasteiger partial charge on any atom is 0.303 e. The second-order valence-electron chi connectivity index (χ2n) is 6.62. The molecule has 2 unspecified atom stereocenters. The summed E-state index contributed by atoms with van der Waals surface area (Å²) in [4.78, 5) is 13.3. The third kappa shape index (κ3) is 3.45. The number of aliphatic carboxylic acids is 1. The van der Waals surface area contributed by atoms with Crippen molar-refractivity contribution in [3.05, 3.63) is 0 Å². The van der Waals surface area contributed by atoms with Gasteiger partial charge < -0.3 is 10.2 Å². The van der Waals surface area contributed by atoms with E-state index in [2.05, 4.69) is 4.90 Å². The maximum absolute atomic E-state index is 10.8. The fourth-order valence-corrected chi connectivity index (χ4v) is 3.57. The Kier molecular flexibility index (Phi) is 3.97. The minimum atomic E-state index is -0.663. The zero-order chi connectivity index (χ0) is 13.3. The number of rotatable bonds is 5. The Hall–Kier alpha value is -0.610. The first-order valence-corrected chi connectivity index (χ1v) is 7.05. The molecule has 0 radical (unpaired) electrons. The lowest BCUT2D eigenvalue weighted by atomic mass is 9.87. The molecule has 2 N–H and O–H groups in total. The van der Waals surface area contributed by atoms with E-state index in [4.69, 9.17) is 5.11 Å². The summed E-state index contributed by atoms with van der Waals surface area (Å²) < 4.78 is 0. The first-order chi connectivity index (χ1) is 8.35. The standard InChI is InChI=1S/C14H25NO3/c1-14(2,18)5-6-15-11-3-4-12(15)8-10(7-11)9-13(16)17/h10-12,18H,3-9H2,1-2H3,(H,16,17). The summed E-state index contributed by atoms with van der Waals surface area (Å²) in [6, 6.07) is 1.10. The summed E-state index contributed by atoms with van der Waals surface area (Å²) in [5.41, 5.74) is -0.600. The van der Waals surface area contributed by atoms with Crippen molar-refractivity contribution in [2.24, 2.45) is 5.92 Å². The van der Waals surface area contributed by atoms with Gasteiger partial charge in [-0.25, -0.2) is 0 Å². The number of hydrogen-bond donors (Lipinski definition) is 2. The second-order valence-corrected chi connectivity index (χ2v) is 6.62. The molecule has 4 heteroatoms. The topological polar surface area (TPSA) is 60.8 Å². The SMILES string of the molecule is CC(C)(O)CCN1C2CCC1CC(CC(=O)O)C2. The molecule has 0 spiro atoms. The summed E-state index contributed by atoms with van der Waals surface area (Å²) in [5.74, 6) is -0.303. The van der Waals surface area contributed by atoms with E-state index in [1.54, 1.807) is 0 Å². The molecule has 2 bridgehead atoms. The van der Waals surface area contributed by atoms with Crippen molar-refractivity contribution in [3.8, 4) is 0 Å². The summed E-state index contributed by atoms with van der Waals surface area (Å²) in [6.45, 7) is 4.65. The molecule has 2 atom stereocenters. The van der Waals surface area contributed by atoms with Crippen LogP contribution in [0.1, 0.15) is 52.4 Å². The molecule has 0 saturated carbocycles. The van der Waals surface area contributed by atoms with Crippen LogP contribution >= 0.6 is 0 Å². The molecular formula is C14H25NO3. The van der Waals surface area contributed by atoms with Crippen LogP contribution in [0.25, 0.3) is 0 Å². The number of fused-ring (bicyclic) bond motifs is 2. The number of nitrogens with zero attached hydrogens (tertiary/aromatic N) is 1. The van der Waals surface area contributed by atoms with Gasteiger partial charge in [-0.15, -0.1) is 0 Å². The van der Waals surface area contributed by atoms with Gasteiger partial charge in [0.05, 0.1) is 5.60 Å². The van der Waals surface area contributed by atoms with Gasteiger partial charge in [-0.05, 0) is 51.9 Å². The van der Waals surface area contributed by atoms with Gasteiger partial charge in [0.2, 0.25) is 0 Å². The maximum atomic E-state index is 10.8. The van der Waals surface area contributed by atoms with Gasteiger partial charge >= 0.3 is 5.97 Å². The average Bonchev–Trinajstić information content (AvgIpc) is 2.44. The monoisotopic (exact) mass is 255 g/mol. The van der Waals surface area contributed by atoms with E-state index in [1.807, 2.05) is 13.8 Å². The molecule has 0 aliphatic carbocycles. The van der Waals surface area contributed by atoms with Gasteiger partial charge in [-0.3, -0.25) is 9.69 Å². The van der Waals surface area contributed by atoms with E-state index in [9.17, 15) is 9.90 Å². The second kappa shape index (κ2) is 5.17. The van der Waals surface area contributed by atoms with E-state index in [0.717, 1.165) is 25.8 Å². The Bertz CT molecular complexity index is 297. The number of carbonyl (C=O) groups is 1. The molecule has 2 heterocycles. The summed E-state index contributed by atoms with van der Waals surface area (Å²) in [7, 11) is 0. The Labute approximate surface area is 109 Å². The summed E-state index contributed by atoms with van der Waals surface area (Å²) in [5, 5.41) is 18.7. The van der Waals surface area contributed by atoms with E-state index in [0.29, 0.717) is 24.4 Å². The average molecular weight is 255 g/mol. The Morgan fingerprint density at radius 1 is 1.28 bits per heavy atom. The van der Waals surface area contributed by atoms with Crippen molar-refractivity contribution < 1.29 is 15.0 Å². The highest BCUT2D eigenvalue weighted by Gasteiger charge is 2.41. The minimum Gasteiger partial charge on any atom is -0.481 e. The third-order valence-corrected chi connectivity index (χ3v) is 4.43. The highest BCUT2D eigenvalue weighted by molar-refractivity contribution is 5.67. The van der Waals surface area contributed by atoms with Crippen LogP contribution in [-0.4, -0.2) is 45.3 Å². The highest BCUT2D eigenvalue weighted by atomic mass is 16.4. The van der Waals surface area contributed by atoms with E-state index >= 15 is 0 Å². The van der Waals surface area contributed by atoms with Crippen molar-refractivity contribution >= 4 is 5.97 Å². The number of carboxylic acids is 1. The molecule has 2 aliphatic heterocycles. The molecule has 104 valence electrons. The van der Waals surface area contributed by atoms with Gasteiger partial charge in [0.25, 0.3) is 0 Å². The molecular weight excluding hydrogens is 230 g/mol. The predicted octanol–water partition coefficient (Wildman–Crippen LogP) is 1.87. The van der Waals surface area contributed by atoms with E-state index in [-0.39, 0.29) is 0 Å². The largest absolute Gasteiger partial charge is 0.481 e. The normalized spacial score (nSPS) is 32.7. The van der Waals surface area contributed by atoms with Crippen LogP contribution < -0.4 is 0 Å². The van der Waals surface area contributed by atoms with E-state index < -0.39 is 11.6 Å². The summed E-state index contributed by atoms with van der Waals surface area (Å²) in [6.07, 6.45) is 5.57. The molecule has 0 aromatic carbocycles. The van der Waals surface area contributed by atoms with Gasteiger partial charge in [0.1, 0.15) is 0 Å². The fraction of sp³-hybridized carbons (Fsp3) is 0.929. The van der Waals surface area contributed by atoms with Crippen LogP contribution in [0.15, 0.2) is 0 Å². The van der Waals surface area contributed by atoms with Crippen LogP contribution in [-0.2, 0) is 4.79 Å². The smallest absolute Gasteiger partial charge is 0.303 e. The molecule has 2 aliphatic rings. The Morgan fingerprint density at radius 2 is 1.83 bits per heavy atom. The molecule has 2 rings (SSSR count). The van der Waals surface area contributed by atoms with Crippen molar-refractivity contribution in [2.45, 2.75) is 70.1 Å². The van der Waals surface area contributed by atoms with Crippen LogP contribution in [0.3, 0.4) is 0 Å². The van der Waals surface area contributed by atoms with E-state index in [1.165, 1.54) is 12.8 Å². The Balaban J connectivity index is 1.88. The number of carboxylic acid groups (broad SMARTS) is 1.